The number of carbonyl (C=O) groups excluding carboxylic acids is 3. The molecule has 2 aliphatic heterocycles. The topological polar surface area (TPSA) is 57.7 Å². The number of nitrogens with zero attached hydrogens (tertiary/aromatic N) is 2. The van der Waals surface area contributed by atoms with Crippen LogP contribution in [0.2, 0.25) is 0 Å². The Hall–Kier alpha value is -2.47. The fourth-order valence-electron chi connectivity index (χ4n) is 4.09. The molecule has 2 amide bonds. The number of para-hydroxylation sites is 1. The molecule has 2 aromatic rings. The van der Waals surface area contributed by atoms with E-state index in [0.717, 1.165) is 28.9 Å². The Bertz CT molecular complexity index is 891. The molecule has 1 unspecified atom stereocenters. The van der Waals surface area contributed by atoms with E-state index in [0.29, 0.717) is 25.9 Å². The Balaban J connectivity index is 1.79. The van der Waals surface area contributed by atoms with Crippen molar-refractivity contribution in [3.63, 3.8) is 0 Å². The van der Waals surface area contributed by atoms with Crippen molar-refractivity contribution in [2.24, 2.45) is 5.92 Å². The van der Waals surface area contributed by atoms with E-state index in [1.165, 1.54) is 6.92 Å². The zero-order valence-electron chi connectivity index (χ0n) is 15.3. The molecule has 0 aliphatic carbocycles. The summed E-state index contributed by atoms with van der Waals surface area (Å²) in [5.74, 6) is -0.225. The van der Waals surface area contributed by atoms with Crippen molar-refractivity contribution < 1.29 is 14.4 Å². The summed E-state index contributed by atoms with van der Waals surface area (Å²) in [7, 11) is 0. The number of thiophene rings is 1. The Labute approximate surface area is 162 Å². The second-order valence-electron chi connectivity index (χ2n) is 7.30. The van der Waals surface area contributed by atoms with Crippen molar-refractivity contribution in [2.45, 2.75) is 39.2 Å². The third kappa shape index (κ3) is 3.41. The summed E-state index contributed by atoms with van der Waals surface area (Å²) in [6.45, 7) is 2.68. The second kappa shape index (κ2) is 7.27. The molecule has 1 aromatic carbocycles. The van der Waals surface area contributed by atoms with Crippen LogP contribution in [0.5, 0.6) is 0 Å². The van der Waals surface area contributed by atoms with Gasteiger partial charge in [0.2, 0.25) is 11.8 Å². The Morgan fingerprint density at radius 3 is 2.78 bits per heavy atom. The van der Waals surface area contributed by atoms with Crippen molar-refractivity contribution in [3.8, 4) is 0 Å². The number of amides is 2. The van der Waals surface area contributed by atoms with Gasteiger partial charge in [-0.05, 0) is 53.8 Å². The summed E-state index contributed by atoms with van der Waals surface area (Å²) in [4.78, 5) is 40.9. The van der Waals surface area contributed by atoms with Crippen molar-refractivity contribution >= 4 is 40.3 Å². The minimum absolute atomic E-state index is 0.0250. The summed E-state index contributed by atoms with van der Waals surface area (Å²) in [5, 5.41) is 4.03. The number of Topliss-reactive ketones (excluding diaryl/α,β-unsaturated/α-hetero) is 1. The van der Waals surface area contributed by atoms with Crippen LogP contribution in [0.1, 0.15) is 37.3 Å². The van der Waals surface area contributed by atoms with Gasteiger partial charge >= 0.3 is 0 Å². The highest BCUT2D eigenvalue weighted by Gasteiger charge is 2.37. The summed E-state index contributed by atoms with van der Waals surface area (Å²) < 4.78 is 0. The van der Waals surface area contributed by atoms with Gasteiger partial charge in [0.05, 0.1) is 17.9 Å². The first-order chi connectivity index (χ1) is 13.0. The summed E-state index contributed by atoms with van der Waals surface area (Å²) in [5.41, 5.74) is 3.75. The first kappa shape index (κ1) is 17.9. The van der Waals surface area contributed by atoms with E-state index >= 15 is 0 Å². The molecule has 4 rings (SSSR count). The number of ketones is 1. The van der Waals surface area contributed by atoms with E-state index in [4.69, 9.17) is 0 Å². The molecule has 1 fully saturated rings. The first-order valence-corrected chi connectivity index (χ1v) is 10.2. The van der Waals surface area contributed by atoms with Gasteiger partial charge in [-0.2, -0.15) is 11.3 Å². The summed E-state index contributed by atoms with van der Waals surface area (Å²) >= 11 is 1.60. The average Bonchev–Trinajstić information content (AvgIpc) is 3.29. The number of hydrogen-bond donors (Lipinski definition) is 0. The van der Waals surface area contributed by atoms with Crippen molar-refractivity contribution in [2.75, 3.05) is 16.3 Å². The Morgan fingerprint density at radius 1 is 1.26 bits per heavy atom. The number of hydrogen-bond acceptors (Lipinski definition) is 4. The van der Waals surface area contributed by atoms with Crippen LogP contribution in [0, 0.1) is 5.92 Å². The lowest BCUT2D eigenvalue weighted by Gasteiger charge is -2.37. The van der Waals surface area contributed by atoms with E-state index in [-0.39, 0.29) is 29.9 Å². The van der Waals surface area contributed by atoms with E-state index in [9.17, 15) is 14.4 Å². The van der Waals surface area contributed by atoms with Gasteiger partial charge in [-0.3, -0.25) is 9.59 Å². The maximum atomic E-state index is 13.3. The van der Waals surface area contributed by atoms with Crippen LogP contribution >= 0.6 is 11.3 Å². The molecule has 0 saturated carbocycles. The fraction of sp³-hybridized carbons (Fsp3) is 0.381. The predicted molar refractivity (Wildman–Crippen MR) is 106 cm³/mol. The summed E-state index contributed by atoms with van der Waals surface area (Å²) in [6, 6.07) is 7.90. The molecular weight excluding hydrogens is 360 g/mol. The lowest BCUT2D eigenvalue weighted by atomic mass is 9.87. The van der Waals surface area contributed by atoms with Crippen LogP contribution in [0.15, 0.2) is 35.0 Å². The number of anilines is 2. The second-order valence-corrected chi connectivity index (χ2v) is 8.08. The molecule has 0 N–H and O–H groups in total. The van der Waals surface area contributed by atoms with Gasteiger partial charge in [-0.15, -0.1) is 0 Å². The predicted octanol–water partition coefficient (Wildman–Crippen LogP) is 3.56. The fourth-order valence-corrected chi connectivity index (χ4v) is 4.75. The average molecular weight is 382 g/mol. The highest BCUT2D eigenvalue weighted by molar-refractivity contribution is 7.07. The SMILES string of the molecule is CC(=O)CC1Cc2cccc(N3CCCC3=O)c2N(Cc2ccsc2)C1=O. The van der Waals surface area contributed by atoms with Gasteiger partial charge in [0.25, 0.3) is 0 Å². The number of carbonyl (C=O) groups is 3. The minimum atomic E-state index is -0.335. The lowest BCUT2D eigenvalue weighted by molar-refractivity contribution is -0.127. The highest BCUT2D eigenvalue weighted by Crippen LogP contribution is 2.41. The molecule has 1 atom stereocenters. The third-order valence-corrected chi connectivity index (χ3v) is 6.00. The molecule has 5 nitrogen and oxygen atoms in total. The van der Waals surface area contributed by atoms with Gasteiger partial charge in [0.15, 0.2) is 0 Å². The van der Waals surface area contributed by atoms with E-state index in [1.54, 1.807) is 21.1 Å². The molecule has 0 spiro atoms. The third-order valence-electron chi connectivity index (χ3n) is 5.27. The molecule has 6 heteroatoms. The van der Waals surface area contributed by atoms with Gasteiger partial charge in [-0.1, -0.05) is 12.1 Å². The molecule has 2 aliphatic rings. The maximum absolute atomic E-state index is 13.3. The zero-order valence-corrected chi connectivity index (χ0v) is 16.1. The van der Waals surface area contributed by atoms with Crippen LogP contribution in [0.4, 0.5) is 11.4 Å². The first-order valence-electron chi connectivity index (χ1n) is 9.28. The van der Waals surface area contributed by atoms with Crippen LogP contribution in [0.25, 0.3) is 0 Å². The standard InChI is InChI=1S/C21H22N2O3S/c1-14(24)10-17-11-16-4-2-5-18(22-8-3-6-19(22)25)20(16)23(21(17)26)12-15-7-9-27-13-15/h2,4-5,7,9,13,17H,3,6,8,10-12H2,1H3. The van der Waals surface area contributed by atoms with E-state index in [2.05, 4.69) is 0 Å². The lowest BCUT2D eigenvalue weighted by Crippen LogP contribution is -2.42. The normalized spacial score (nSPS) is 19.5. The monoisotopic (exact) mass is 382 g/mol. The Morgan fingerprint density at radius 2 is 2.11 bits per heavy atom. The van der Waals surface area contributed by atoms with Crippen molar-refractivity contribution in [1.29, 1.82) is 0 Å². The quantitative estimate of drug-likeness (QED) is 0.794. The van der Waals surface area contributed by atoms with Crippen LogP contribution in [-0.4, -0.2) is 24.1 Å². The van der Waals surface area contributed by atoms with E-state index < -0.39 is 0 Å². The zero-order chi connectivity index (χ0) is 19.0. The number of fused-ring (bicyclic) bond motifs is 1. The molecular formula is C21H22N2O3S. The molecule has 0 bridgehead atoms. The molecule has 27 heavy (non-hydrogen) atoms. The minimum Gasteiger partial charge on any atom is -0.310 e. The van der Waals surface area contributed by atoms with Gasteiger partial charge < -0.3 is 14.6 Å². The van der Waals surface area contributed by atoms with Gasteiger partial charge in [-0.25, -0.2) is 0 Å². The Kier molecular flexibility index (Phi) is 4.83. The maximum Gasteiger partial charge on any atom is 0.231 e. The van der Waals surface area contributed by atoms with Crippen LogP contribution < -0.4 is 9.80 Å². The van der Waals surface area contributed by atoms with Gasteiger partial charge in [0.1, 0.15) is 5.78 Å². The number of benzene rings is 1. The highest BCUT2D eigenvalue weighted by atomic mass is 32.1. The number of rotatable bonds is 5. The molecule has 1 saturated heterocycles. The molecule has 3 heterocycles. The van der Waals surface area contributed by atoms with Crippen molar-refractivity contribution in [3.05, 3.63) is 46.2 Å². The van der Waals surface area contributed by atoms with Crippen molar-refractivity contribution in [1.82, 2.24) is 0 Å². The molecule has 0 radical (unpaired) electrons. The smallest absolute Gasteiger partial charge is 0.231 e. The molecule has 140 valence electrons. The molecule has 1 aromatic heterocycles. The van der Waals surface area contributed by atoms with Gasteiger partial charge in [0, 0.05) is 25.3 Å². The van der Waals surface area contributed by atoms with Crippen LogP contribution in [0.3, 0.4) is 0 Å². The largest absolute Gasteiger partial charge is 0.310 e. The summed E-state index contributed by atoms with van der Waals surface area (Å²) in [6.07, 6.45) is 2.19. The van der Waals surface area contributed by atoms with E-state index in [1.807, 2.05) is 35.0 Å². The van der Waals surface area contributed by atoms with Crippen LogP contribution in [-0.2, 0) is 27.3 Å².